The third kappa shape index (κ3) is 3.87. The Labute approximate surface area is 145 Å². The smallest absolute Gasteiger partial charge is 0.221 e. The predicted molar refractivity (Wildman–Crippen MR) is 90.1 cm³/mol. The molecule has 1 aromatic carbocycles. The number of carbonyl (C=O) groups is 1. The summed E-state index contributed by atoms with van der Waals surface area (Å²) in [4.78, 5) is 11.2. The van der Waals surface area contributed by atoms with E-state index in [1.54, 1.807) is 6.33 Å². The van der Waals surface area contributed by atoms with Gasteiger partial charge >= 0.3 is 0 Å². The van der Waals surface area contributed by atoms with Gasteiger partial charge in [-0.3, -0.25) is 9.36 Å². The number of nitrogens with zero attached hydrogens (tertiary/aromatic N) is 5. The van der Waals surface area contributed by atoms with Crippen molar-refractivity contribution in [3.05, 3.63) is 40.6 Å². The summed E-state index contributed by atoms with van der Waals surface area (Å²) < 4.78 is 6.22. The standard InChI is InChI=1S/C13H11ClN6OS2/c1-8(21)16-9-3-2-4-10(5-9)20-7-15-18-13(20)22-6-11-12(14)23-19-17-11/h2-5,7H,6H2,1H3,(H,16,21). The molecule has 10 heteroatoms. The molecule has 23 heavy (non-hydrogen) atoms. The van der Waals surface area contributed by atoms with Gasteiger partial charge in [-0.15, -0.1) is 15.3 Å². The molecular formula is C13H11ClN6OS2. The van der Waals surface area contributed by atoms with E-state index in [4.69, 9.17) is 11.6 Å². The quantitative estimate of drug-likeness (QED) is 0.698. The van der Waals surface area contributed by atoms with Crippen LogP contribution in [-0.2, 0) is 10.5 Å². The van der Waals surface area contributed by atoms with Crippen molar-refractivity contribution < 1.29 is 4.79 Å². The van der Waals surface area contributed by atoms with Crippen molar-refractivity contribution in [3.63, 3.8) is 0 Å². The van der Waals surface area contributed by atoms with Crippen LogP contribution in [0.25, 0.3) is 5.69 Å². The Hall–Kier alpha value is -1.97. The van der Waals surface area contributed by atoms with Gasteiger partial charge < -0.3 is 5.32 Å². The second-order valence-corrected chi connectivity index (χ2v) is 6.80. The molecule has 7 nitrogen and oxygen atoms in total. The van der Waals surface area contributed by atoms with E-state index in [0.29, 0.717) is 20.9 Å². The Morgan fingerprint density at radius 2 is 2.30 bits per heavy atom. The fourth-order valence-electron chi connectivity index (χ4n) is 1.85. The molecule has 0 bridgehead atoms. The number of aromatic nitrogens is 5. The fourth-order valence-corrected chi connectivity index (χ4v) is 3.51. The first kappa shape index (κ1) is 15.9. The zero-order chi connectivity index (χ0) is 16.2. The third-order valence-electron chi connectivity index (χ3n) is 2.81. The number of rotatable bonds is 5. The second-order valence-electron chi connectivity index (χ2n) is 4.50. The summed E-state index contributed by atoms with van der Waals surface area (Å²) in [5.74, 6) is 0.436. The van der Waals surface area contributed by atoms with Gasteiger partial charge in [0.05, 0.1) is 5.69 Å². The predicted octanol–water partition coefficient (Wildman–Crippen LogP) is 3.02. The van der Waals surface area contributed by atoms with Crippen LogP contribution < -0.4 is 5.32 Å². The highest BCUT2D eigenvalue weighted by Crippen LogP contribution is 2.27. The van der Waals surface area contributed by atoms with Crippen LogP contribution in [0.3, 0.4) is 0 Å². The van der Waals surface area contributed by atoms with Crippen molar-refractivity contribution in [1.82, 2.24) is 24.4 Å². The first-order valence-corrected chi connectivity index (χ1v) is 8.65. The highest BCUT2D eigenvalue weighted by molar-refractivity contribution is 7.98. The van der Waals surface area contributed by atoms with Crippen molar-refractivity contribution in [1.29, 1.82) is 0 Å². The zero-order valence-corrected chi connectivity index (χ0v) is 14.3. The van der Waals surface area contributed by atoms with E-state index < -0.39 is 0 Å². The minimum atomic E-state index is -0.119. The van der Waals surface area contributed by atoms with E-state index in [0.717, 1.165) is 22.9 Å². The Kier molecular flexibility index (Phi) is 4.89. The molecule has 2 heterocycles. The molecule has 0 aliphatic heterocycles. The van der Waals surface area contributed by atoms with Crippen molar-refractivity contribution in [2.24, 2.45) is 0 Å². The summed E-state index contributed by atoms with van der Waals surface area (Å²) in [5.41, 5.74) is 2.29. The highest BCUT2D eigenvalue weighted by atomic mass is 35.5. The fraction of sp³-hybridized carbons (Fsp3) is 0.154. The summed E-state index contributed by atoms with van der Waals surface area (Å²) in [5, 5.41) is 15.5. The van der Waals surface area contributed by atoms with Crippen LogP contribution in [-0.4, -0.2) is 30.3 Å². The lowest BCUT2D eigenvalue weighted by Gasteiger charge is -2.08. The molecule has 0 aliphatic rings. The lowest BCUT2D eigenvalue weighted by atomic mass is 10.2. The van der Waals surface area contributed by atoms with Gasteiger partial charge in [-0.25, -0.2) is 0 Å². The number of halogens is 1. The van der Waals surface area contributed by atoms with E-state index in [-0.39, 0.29) is 5.91 Å². The topological polar surface area (TPSA) is 85.6 Å². The van der Waals surface area contributed by atoms with Gasteiger partial charge in [-0.05, 0) is 18.2 Å². The van der Waals surface area contributed by atoms with Crippen molar-refractivity contribution in [2.75, 3.05) is 5.32 Å². The minimum Gasteiger partial charge on any atom is -0.326 e. The van der Waals surface area contributed by atoms with Crippen LogP contribution in [0.4, 0.5) is 5.69 Å². The number of benzene rings is 1. The SMILES string of the molecule is CC(=O)Nc1cccc(-n2cnnc2SCc2nnsc2Cl)c1. The van der Waals surface area contributed by atoms with Crippen LogP contribution in [0.15, 0.2) is 35.7 Å². The Morgan fingerprint density at radius 3 is 3.04 bits per heavy atom. The molecule has 1 N–H and O–H groups in total. The molecule has 0 fully saturated rings. The summed E-state index contributed by atoms with van der Waals surface area (Å²) in [6, 6.07) is 7.45. The van der Waals surface area contributed by atoms with E-state index in [1.165, 1.54) is 18.7 Å². The van der Waals surface area contributed by atoms with Crippen molar-refractivity contribution >= 4 is 46.5 Å². The molecule has 118 valence electrons. The van der Waals surface area contributed by atoms with Crippen LogP contribution in [0.2, 0.25) is 4.34 Å². The van der Waals surface area contributed by atoms with Gasteiger partial charge in [0.25, 0.3) is 0 Å². The van der Waals surface area contributed by atoms with E-state index in [2.05, 4.69) is 25.1 Å². The molecule has 1 amide bonds. The number of hydrogen-bond acceptors (Lipinski definition) is 7. The Bertz CT molecular complexity index is 833. The average Bonchev–Trinajstić information content (AvgIpc) is 3.13. The van der Waals surface area contributed by atoms with Crippen molar-refractivity contribution in [2.45, 2.75) is 17.8 Å². The summed E-state index contributed by atoms with van der Waals surface area (Å²) in [6.07, 6.45) is 1.62. The maximum Gasteiger partial charge on any atom is 0.221 e. The summed E-state index contributed by atoms with van der Waals surface area (Å²) in [6.45, 7) is 1.47. The maximum absolute atomic E-state index is 11.2. The monoisotopic (exact) mass is 366 g/mol. The van der Waals surface area contributed by atoms with Crippen LogP contribution >= 0.6 is 34.9 Å². The van der Waals surface area contributed by atoms with Crippen LogP contribution in [0.1, 0.15) is 12.6 Å². The first-order valence-electron chi connectivity index (χ1n) is 6.51. The van der Waals surface area contributed by atoms with E-state index >= 15 is 0 Å². The minimum absolute atomic E-state index is 0.119. The molecule has 0 saturated carbocycles. The first-order chi connectivity index (χ1) is 11.1. The third-order valence-corrected chi connectivity index (χ3v) is 4.75. The molecule has 0 saturated heterocycles. The average molecular weight is 367 g/mol. The van der Waals surface area contributed by atoms with E-state index in [1.807, 2.05) is 28.8 Å². The molecule has 0 unspecified atom stereocenters. The molecule has 0 spiro atoms. The second kappa shape index (κ2) is 7.07. The molecule has 0 aliphatic carbocycles. The van der Waals surface area contributed by atoms with Gasteiger partial charge in [-0.2, -0.15) is 0 Å². The molecule has 3 aromatic rings. The number of hydrogen-bond donors (Lipinski definition) is 1. The number of thioether (sulfide) groups is 1. The molecular weight excluding hydrogens is 356 g/mol. The van der Waals surface area contributed by atoms with Gasteiger partial charge in [0.1, 0.15) is 16.4 Å². The Morgan fingerprint density at radius 1 is 1.43 bits per heavy atom. The normalized spacial score (nSPS) is 10.7. The number of carbonyl (C=O) groups excluding carboxylic acids is 1. The number of anilines is 1. The summed E-state index contributed by atoms with van der Waals surface area (Å²) >= 11 is 8.62. The number of nitrogens with one attached hydrogen (secondary N) is 1. The lowest BCUT2D eigenvalue weighted by Crippen LogP contribution is -2.06. The van der Waals surface area contributed by atoms with Gasteiger partial charge in [-0.1, -0.05) is 33.9 Å². The lowest BCUT2D eigenvalue weighted by molar-refractivity contribution is -0.114. The van der Waals surface area contributed by atoms with Crippen molar-refractivity contribution in [3.8, 4) is 5.69 Å². The van der Waals surface area contributed by atoms with Crippen LogP contribution in [0.5, 0.6) is 0 Å². The largest absolute Gasteiger partial charge is 0.326 e. The Balaban J connectivity index is 1.80. The zero-order valence-electron chi connectivity index (χ0n) is 11.9. The van der Waals surface area contributed by atoms with Gasteiger partial charge in [0.2, 0.25) is 5.91 Å². The molecule has 2 aromatic heterocycles. The highest BCUT2D eigenvalue weighted by Gasteiger charge is 2.11. The number of amides is 1. The van der Waals surface area contributed by atoms with Gasteiger partial charge in [0.15, 0.2) is 5.16 Å². The molecule has 0 radical (unpaired) electrons. The summed E-state index contributed by atoms with van der Waals surface area (Å²) in [7, 11) is 0. The van der Waals surface area contributed by atoms with Gasteiger partial charge in [0, 0.05) is 29.9 Å². The van der Waals surface area contributed by atoms with Crippen LogP contribution in [0, 0.1) is 0 Å². The maximum atomic E-state index is 11.2. The molecule has 0 atom stereocenters. The van der Waals surface area contributed by atoms with E-state index in [9.17, 15) is 4.79 Å². The molecule has 3 rings (SSSR count).